The molecular formula is C16H29N3. The average molecular weight is 263 g/mol. The molecule has 3 heteroatoms. The van der Waals surface area contributed by atoms with Crippen LogP contribution in [0.5, 0.6) is 0 Å². The Hall–Kier alpha value is -1.22. The molecule has 0 saturated carbocycles. The summed E-state index contributed by atoms with van der Waals surface area (Å²) in [6, 6.07) is 0. The third-order valence-electron chi connectivity index (χ3n) is 3.52. The van der Waals surface area contributed by atoms with Crippen molar-refractivity contribution < 1.29 is 0 Å². The van der Waals surface area contributed by atoms with Crippen LogP contribution in [-0.4, -0.2) is 62.0 Å². The minimum Gasteiger partial charge on any atom is -0.378 e. The van der Waals surface area contributed by atoms with Gasteiger partial charge in [-0.05, 0) is 32.5 Å². The van der Waals surface area contributed by atoms with E-state index >= 15 is 0 Å². The Morgan fingerprint density at radius 2 is 1.74 bits per heavy atom. The summed E-state index contributed by atoms with van der Waals surface area (Å²) in [5, 5.41) is 0. The lowest BCUT2D eigenvalue weighted by Gasteiger charge is -2.34. The number of rotatable bonds is 5. The first-order valence-corrected chi connectivity index (χ1v) is 7.23. The lowest BCUT2D eigenvalue weighted by atomic mass is 10.2. The van der Waals surface area contributed by atoms with Crippen LogP contribution in [0.25, 0.3) is 0 Å². The normalized spacial score (nSPS) is 19.3. The molecule has 0 spiro atoms. The van der Waals surface area contributed by atoms with Crippen molar-refractivity contribution in [1.29, 1.82) is 0 Å². The molecule has 1 aliphatic heterocycles. The van der Waals surface area contributed by atoms with Gasteiger partial charge in [0.2, 0.25) is 0 Å². The zero-order chi connectivity index (χ0) is 14.3. The summed E-state index contributed by atoms with van der Waals surface area (Å²) in [6.45, 7) is 8.84. The second kappa shape index (κ2) is 8.05. The molecule has 0 aromatic rings. The van der Waals surface area contributed by atoms with Gasteiger partial charge in [-0.15, -0.1) is 0 Å². The largest absolute Gasteiger partial charge is 0.378 e. The molecule has 108 valence electrons. The molecule has 0 aromatic carbocycles. The van der Waals surface area contributed by atoms with Gasteiger partial charge < -0.3 is 14.7 Å². The summed E-state index contributed by atoms with van der Waals surface area (Å²) in [5.74, 6) is 0. The van der Waals surface area contributed by atoms with Gasteiger partial charge in [0.05, 0.1) is 0 Å². The lowest BCUT2D eigenvalue weighted by Crippen LogP contribution is -2.43. The van der Waals surface area contributed by atoms with E-state index in [1.54, 1.807) is 0 Å². The number of allylic oxidation sites excluding steroid dienone is 4. The third kappa shape index (κ3) is 5.11. The first-order valence-electron chi connectivity index (χ1n) is 7.23. The quantitative estimate of drug-likeness (QED) is 0.706. The van der Waals surface area contributed by atoms with E-state index in [0.29, 0.717) is 0 Å². The van der Waals surface area contributed by atoms with Crippen LogP contribution in [-0.2, 0) is 0 Å². The zero-order valence-electron chi connectivity index (χ0n) is 13.2. The van der Waals surface area contributed by atoms with Crippen molar-refractivity contribution >= 4 is 0 Å². The summed E-state index contributed by atoms with van der Waals surface area (Å²) < 4.78 is 0. The Bertz CT molecular complexity index is 345. The van der Waals surface area contributed by atoms with Gasteiger partial charge in [0, 0.05) is 51.7 Å². The van der Waals surface area contributed by atoms with E-state index in [9.17, 15) is 0 Å². The smallest absolute Gasteiger partial charge is 0.0327 e. The molecule has 3 nitrogen and oxygen atoms in total. The van der Waals surface area contributed by atoms with Crippen molar-refractivity contribution in [2.24, 2.45) is 0 Å². The highest BCUT2D eigenvalue weighted by atomic mass is 15.2. The molecule has 1 aliphatic rings. The van der Waals surface area contributed by atoms with Gasteiger partial charge in [-0.2, -0.15) is 0 Å². The Balaban J connectivity index is 2.73. The highest BCUT2D eigenvalue weighted by Crippen LogP contribution is 2.13. The van der Waals surface area contributed by atoms with Gasteiger partial charge in [-0.25, -0.2) is 0 Å². The van der Waals surface area contributed by atoms with Crippen molar-refractivity contribution in [3.05, 3.63) is 35.7 Å². The molecule has 1 saturated heterocycles. The molecule has 0 aromatic heterocycles. The Morgan fingerprint density at radius 1 is 1.11 bits per heavy atom. The number of hydrogen-bond acceptors (Lipinski definition) is 3. The molecule has 1 heterocycles. The van der Waals surface area contributed by atoms with Crippen molar-refractivity contribution in [3.63, 3.8) is 0 Å². The maximum Gasteiger partial charge on any atom is 0.0327 e. The van der Waals surface area contributed by atoms with Crippen LogP contribution in [0.15, 0.2) is 35.7 Å². The van der Waals surface area contributed by atoms with Crippen LogP contribution in [0, 0.1) is 0 Å². The van der Waals surface area contributed by atoms with Gasteiger partial charge in [-0.1, -0.05) is 19.1 Å². The van der Waals surface area contributed by atoms with E-state index in [0.717, 1.165) is 32.6 Å². The van der Waals surface area contributed by atoms with Crippen LogP contribution < -0.4 is 0 Å². The van der Waals surface area contributed by atoms with E-state index in [1.807, 2.05) is 0 Å². The molecule has 0 amide bonds. The predicted octanol–water partition coefficient (Wildman–Crippen LogP) is 2.55. The predicted molar refractivity (Wildman–Crippen MR) is 84.0 cm³/mol. The fraction of sp³-hybridized carbons (Fsp3) is 0.625. The maximum atomic E-state index is 2.49. The van der Waals surface area contributed by atoms with Crippen LogP contribution in [0.4, 0.5) is 0 Å². The standard InChI is InChI=1S/C16H29N3/c1-6-8-16(10-9-15(7-2)17(3)4)19-13-11-18(5)12-14-19/h7-10H,6,11-14H2,1-5H3/b10-9-,15-7+,16-8-. The number of piperazine rings is 1. The summed E-state index contributed by atoms with van der Waals surface area (Å²) in [5.41, 5.74) is 2.60. The fourth-order valence-corrected chi connectivity index (χ4v) is 2.25. The van der Waals surface area contributed by atoms with Crippen LogP contribution >= 0.6 is 0 Å². The van der Waals surface area contributed by atoms with Crippen molar-refractivity contribution in [2.45, 2.75) is 20.3 Å². The highest BCUT2D eigenvalue weighted by molar-refractivity contribution is 5.26. The van der Waals surface area contributed by atoms with Gasteiger partial charge in [0.1, 0.15) is 0 Å². The van der Waals surface area contributed by atoms with Gasteiger partial charge >= 0.3 is 0 Å². The van der Waals surface area contributed by atoms with E-state index in [-0.39, 0.29) is 0 Å². The second-order valence-corrected chi connectivity index (χ2v) is 5.27. The van der Waals surface area contributed by atoms with E-state index < -0.39 is 0 Å². The summed E-state index contributed by atoms with van der Waals surface area (Å²) in [6.07, 6.45) is 10.0. The van der Waals surface area contributed by atoms with Crippen LogP contribution in [0.2, 0.25) is 0 Å². The molecule has 0 bridgehead atoms. The Labute approximate surface area is 118 Å². The van der Waals surface area contributed by atoms with Crippen LogP contribution in [0.1, 0.15) is 20.3 Å². The van der Waals surface area contributed by atoms with Crippen LogP contribution in [0.3, 0.4) is 0 Å². The third-order valence-corrected chi connectivity index (χ3v) is 3.52. The van der Waals surface area contributed by atoms with Crippen molar-refractivity contribution in [2.75, 3.05) is 47.3 Å². The summed E-state index contributed by atoms with van der Waals surface area (Å²) in [7, 11) is 6.36. The molecule has 1 rings (SSSR count). The second-order valence-electron chi connectivity index (χ2n) is 5.27. The SMILES string of the molecule is C\C=C(/C=C\C(=C\CC)N1CCN(C)CC1)N(C)C. The maximum absolute atomic E-state index is 2.49. The molecule has 19 heavy (non-hydrogen) atoms. The van der Waals surface area contributed by atoms with Gasteiger partial charge in [0.25, 0.3) is 0 Å². The molecule has 0 unspecified atom stereocenters. The number of likely N-dealkylation sites (N-methyl/N-ethyl adjacent to an activating group) is 2. The first kappa shape index (κ1) is 15.8. The molecular weight excluding hydrogens is 234 g/mol. The van der Waals surface area contributed by atoms with Crippen molar-refractivity contribution in [1.82, 2.24) is 14.7 Å². The van der Waals surface area contributed by atoms with E-state index in [2.05, 4.69) is 74.0 Å². The molecule has 0 radical (unpaired) electrons. The highest BCUT2D eigenvalue weighted by Gasteiger charge is 2.14. The Morgan fingerprint density at radius 3 is 2.21 bits per heavy atom. The topological polar surface area (TPSA) is 9.72 Å². The van der Waals surface area contributed by atoms with Crippen molar-refractivity contribution in [3.8, 4) is 0 Å². The fourth-order valence-electron chi connectivity index (χ4n) is 2.25. The Kier molecular flexibility index (Phi) is 6.71. The minimum absolute atomic E-state index is 1.08. The average Bonchev–Trinajstić information content (AvgIpc) is 2.39. The lowest BCUT2D eigenvalue weighted by molar-refractivity contribution is 0.190. The number of nitrogens with zero attached hydrogens (tertiary/aromatic N) is 3. The van der Waals surface area contributed by atoms with Gasteiger partial charge in [-0.3, -0.25) is 0 Å². The number of hydrogen-bond donors (Lipinski definition) is 0. The zero-order valence-corrected chi connectivity index (χ0v) is 13.2. The monoisotopic (exact) mass is 263 g/mol. The molecule has 0 atom stereocenters. The summed E-state index contributed by atoms with van der Waals surface area (Å²) >= 11 is 0. The van der Waals surface area contributed by atoms with E-state index in [1.165, 1.54) is 11.4 Å². The van der Waals surface area contributed by atoms with Gasteiger partial charge in [0.15, 0.2) is 0 Å². The minimum atomic E-state index is 1.08. The summed E-state index contributed by atoms with van der Waals surface area (Å²) in [4.78, 5) is 7.02. The molecule has 0 aliphatic carbocycles. The van der Waals surface area contributed by atoms with E-state index in [4.69, 9.17) is 0 Å². The molecule has 0 N–H and O–H groups in total. The molecule has 1 fully saturated rings. The first-order chi connectivity index (χ1) is 9.08.